The van der Waals surface area contributed by atoms with Gasteiger partial charge in [-0.1, -0.05) is 13.0 Å². The van der Waals surface area contributed by atoms with Crippen molar-refractivity contribution in [1.82, 2.24) is 4.90 Å². The Morgan fingerprint density at radius 1 is 1.50 bits per heavy atom. The van der Waals surface area contributed by atoms with E-state index in [1.807, 2.05) is 0 Å². The molecule has 1 aliphatic rings. The first-order chi connectivity index (χ1) is 4.86. The summed E-state index contributed by atoms with van der Waals surface area (Å²) in [5.74, 6) is 0. The van der Waals surface area contributed by atoms with Gasteiger partial charge in [0.2, 0.25) is 0 Å². The van der Waals surface area contributed by atoms with E-state index in [0.29, 0.717) is 0 Å². The molecule has 0 aromatic carbocycles. The van der Waals surface area contributed by atoms with Crippen LogP contribution in [-0.2, 0) is 0 Å². The Morgan fingerprint density at radius 3 is 2.70 bits per heavy atom. The third-order valence-corrected chi connectivity index (χ3v) is 1.90. The summed E-state index contributed by atoms with van der Waals surface area (Å²) in [6.45, 7) is 6.58. The average Bonchev–Trinajstić information content (AvgIpc) is 2.05. The molecular formula is C9H15N. The van der Waals surface area contributed by atoms with Gasteiger partial charge in [-0.15, -0.1) is 0 Å². The van der Waals surface area contributed by atoms with Crippen LogP contribution in [0.3, 0.4) is 0 Å². The van der Waals surface area contributed by atoms with Crippen LogP contribution in [0.15, 0.2) is 23.9 Å². The molecule has 0 unspecified atom stereocenters. The molecule has 56 valence electrons. The van der Waals surface area contributed by atoms with Gasteiger partial charge < -0.3 is 4.90 Å². The molecule has 0 spiro atoms. The predicted octanol–water partition coefficient (Wildman–Crippen LogP) is 2.17. The predicted molar refractivity (Wildman–Crippen MR) is 44.8 cm³/mol. The number of nitrogens with zero attached hydrogens (tertiary/aromatic N) is 1. The van der Waals surface area contributed by atoms with Crippen LogP contribution in [0.4, 0.5) is 0 Å². The van der Waals surface area contributed by atoms with Crippen molar-refractivity contribution in [3.8, 4) is 0 Å². The van der Waals surface area contributed by atoms with E-state index < -0.39 is 0 Å². The molecule has 0 aliphatic carbocycles. The Labute approximate surface area is 63.0 Å². The van der Waals surface area contributed by atoms with E-state index in [9.17, 15) is 0 Å². The summed E-state index contributed by atoms with van der Waals surface area (Å²) in [6, 6.07) is 0. The van der Waals surface area contributed by atoms with Crippen molar-refractivity contribution in [3.63, 3.8) is 0 Å². The lowest BCUT2D eigenvalue weighted by molar-refractivity contribution is 0.433. The Morgan fingerprint density at radius 2 is 2.30 bits per heavy atom. The average molecular weight is 137 g/mol. The van der Waals surface area contributed by atoms with Gasteiger partial charge in [-0.2, -0.15) is 0 Å². The zero-order chi connectivity index (χ0) is 7.40. The van der Waals surface area contributed by atoms with Gasteiger partial charge in [-0.25, -0.2) is 0 Å². The van der Waals surface area contributed by atoms with Crippen LogP contribution in [0.5, 0.6) is 0 Å². The summed E-state index contributed by atoms with van der Waals surface area (Å²) in [5.41, 5.74) is 1.46. The second-order valence-corrected chi connectivity index (χ2v) is 2.54. The molecule has 0 saturated carbocycles. The molecule has 0 bridgehead atoms. The quantitative estimate of drug-likeness (QED) is 0.564. The van der Waals surface area contributed by atoms with Gasteiger partial charge in [0.05, 0.1) is 0 Å². The van der Waals surface area contributed by atoms with E-state index in [1.54, 1.807) is 0 Å². The molecule has 1 heteroatoms. The Bertz CT molecular complexity index is 156. The molecule has 0 aromatic rings. The maximum Gasteiger partial charge on any atom is 0.0359 e. The molecule has 0 aromatic heterocycles. The largest absolute Gasteiger partial charge is 0.374 e. The van der Waals surface area contributed by atoms with Gasteiger partial charge in [-0.3, -0.25) is 0 Å². The van der Waals surface area contributed by atoms with E-state index in [2.05, 4.69) is 37.1 Å². The molecule has 1 heterocycles. The van der Waals surface area contributed by atoms with Gasteiger partial charge >= 0.3 is 0 Å². The fourth-order valence-electron chi connectivity index (χ4n) is 1.06. The highest BCUT2D eigenvalue weighted by atomic mass is 15.1. The lowest BCUT2D eigenvalue weighted by Gasteiger charge is -2.19. The zero-order valence-corrected chi connectivity index (χ0v) is 6.80. The maximum absolute atomic E-state index is 2.30. The van der Waals surface area contributed by atoms with Crippen LogP contribution in [0.25, 0.3) is 0 Å². The third kappa shape index (κ3) is 1.63. The molecule has 0 fully saturated rings. The normalized spacial score (nSPS) is 17.4. The second kappa shape index (κ2) is 3.45. The topological polar surface area (TPSA) is 3.24 Å². The molecular weight excluding hydrogens is 122 g/mol. The number of likely N-dealkylation sites (N-methyl/N-ethyl adjacent to an activating group) is 1. The minimum absolute atomic E-state index is 1.09. The number of hydrogen-bond donors (Lipinski definition) is 0. The highest BCUT2D eigenvalue weighted by Gasteiger charge is 1.98. The zero-order valence-electron chi connectivity index (χ0n) is 6.80. The lowest BCUT2D eigenvalue weighted by atomic mass is 10.1. The molecule has 10 heavy (non-hydrogen) atoms. The maximum atomic E-state index is 2.30. The second-order valence-electron chi connectivity index (χ2n) is 2.54. The smallest absolute Gasteiger partial charge is 0.0359 e. The highest BCUT2D eigenvalue weighted by molar-refractivity contribution is 5.21. The molecule has 1 nitrogen and oxygen atoms in total. The van der Waals surface area contributed by atoms with Crippen LogP contribution in [0.1, 0.15) is 20.3 Å². The number of hydrogen-bond acceptors (Lipinski definition) is 1. The fourth-order valence-corrected chi connectivity index (χ4v) is 1.06. The molecule has 0 amide bonds. The fraction of sp³-hybridized carbons (Fsp3) is 0.556. The van der Waals surface area contributed by atoms with Crippen molar-refractivity contribution in [2.45, 2.75) is 20.3 Å². The minimum atomic E-state index is 1.09. The first-order valence-electron chi connectivity index (χ1n) is 3.98. The van der Waals surface area contributed by atoms with E-state index in [-0.39, 0.29) is 0 Å². The molecule has 1 rings (SSSR count). The van der Waals surface area contributed by atoms with Crippen molar-refractivity contribution in [2.75, 3.05) is 13.1 Å². The van der Waals surface area contributed by atoms with Crippen molar-refractivity contribution >= 4 is 0 Å². The van der Waals surface area contributed by atoms with Crippen LogP contribution < -0.4 is 0 Å². The van der Waals surface area contributed by atoms with E-state index in [4.69, 9.17) is 0 Å². The van der Waals surface area contributed by atoms with Gasteiger partial charge in [-0.05, 0) is 31.2 Å². The first-order valence-corrected chi connectivity index (χ1v) is 3.98. The van der Waals surface area contributed by atoms with Gasteiger partial charge in [0.1, 0.15) is 0 Å². The van der Waals surface area contributed by atoms with E-state index in [0.717, 1.165) is 19.5 Å². The number of allylic oxidation sites excluding steroid dienone is 2. The molecule has 0 N–H and O–H groups in total. The monoisotopic (exact) mass is 137 g/mol. The van der Waals surface area contributed by atoms with E-state index in [1.165, 1.54) is 5.57 Å². The summed E-state index contributed by atoms with van der Waals surface area (Å²) >= 11 is 0. The molecule has 1 aliphatic heterocycles. The van der Waals surface area contributed by atoms with Gasteiger partial charge in [0.25, 0.3) is 0 Å². The Hall–Kier alpha value is -0.720. The number of rotatable bonds is 2. The molecule has 0 atom stereocenters. The standard InChI is InChI=1S/C9H15N/c1-3-9-5-7-10(4-2)8-6-9/h5-7H,3-4,8H2,1-2H3. The summed E-state index contributed by atoms with van der Waals surface area (Å²) in [5, 5.41) is 0. The molecule has 0 radical (unpaired) electrons. The van der Waals surface area contributed by atoms with Crippen LogP contribution >= 0.6 is 0 Å². The Balaban J connectivity index is 2.46. The van der Waals surface area contributed by atoms with E-state index >= 15 is 0 Å². The third-order valence-electron chi connectivity index (χ3n) is 1.90. The summed E-state index contributed by atoms with van der Waals surface area (Å²) in [4.78, 5) is 2.29. The minimum Gasteiger partial charge on any atom is -0.374 e. The van der Waals surface area contributed by atoms with Crippen LogP contribution in [0.2, 0.25) is 0 Å². The highest BCUT2D eigenvalue weighted by Crippen LogP contribution is 2.08. The van der Waals surface area contributed by atoms with Crippen LogP contribution in [-0.4, -0.2) is 18.0 Å². The van der Waals surface area contributed by atoms with Gasteiger partial charge in [0.15, 0.2) is 0 Å². The van der Waals surface area contributed by atoms with Crippen molar-refractivity contribution in [3.05, 3.63) is 23.9 Å². The summed E-state index contributed by atoms with van der Waals surface area (Å²) in [6.07, 6.45) is 7.84. The molecule has 0 saturated heterocycles. The van der Waals surface area contributed by atoms with Crippen LogP contribution in [0, 0.1) is 0 Å². The summed E-state index contributed by atoms with van der Waals surface area (Å²) < 4.78 is 0. The summed E-state index contributed by atoms with van der Waals surface area (Å²) in [7, 11) is 0. The van der Waals surface area contributed by atoms with Gasteiger partial charge in [0, 0.05) is 13.1 Å². The first kappa shape index (κ1) is 7.39. The Kier molecular flexibility index (Phi) is 2.55. The SMILES string of the molecule is CCC1=CCN(CC)C=C1. The van der Waals surface area contributed by atoms with Crippen molar-refractivity contribution in [2.24, 2.45) is 0 Å². The lowest BCUT2D eigenvalue weighted by Crippen LogP contribution is -2.18. The van der Waals surface area contributed by atoms with Crippen molar-refractivity contribution in [1.29, 1.82) is 0 Å². The van der Waals surface area contributed by atoms with Crippen molar-refractivity contribution < 1.29 is 0 Å².